The maximum absolute atomic E-state index is 2.24. The van der Waals surface area contributed by atoms with E-state index >= 15 is 0 Å². The summed E-state index contributed by atoms with van der Waals surface area (Å²) in [7, 11) is 0. The Morgan fingerprint density at radius 2 is 2.00 bits per heavy atom. The van der Waals surface area contributed by atoms with Crippen LogP contribution in [-0.4, -0.2) is 0 Å². The second-order valence-electron chi connectivity index (χ2n) is 3.01. The number of hydrogen-bond acceptors (Lipinski definition) is 0. The quantitative estimate of drug-likeness (QED) is 0.523. The molecule has 0 saturated heterocycles. The third-order valence-electron chi connectivity index (χ3n) is 1.51. The van der Waals surface area contributed by atoms with Crippen molar-refractivity contribution in [2.75, 3.05) is 0 Å². The van der Waals surface area contributed by atoms with Gasteiger partial charge in [-0.25, -0.2) is 0 Å². The lowest BCUT2D eigenvalue weighted by Gasteiger charge is -1.96. The molecule has 0 aromatic heterocycles. The van der Waals surface area contributed by atoms with Gasteiger partial charge in [-0.15, -0.1) is 0 Å². The molecule has 1 atom stereocenters. The maximum atomic E-state index is 2.24. The minimum atomic E-state index is 0.718. The molecule has 0 aromatic carbocycles. The van der Waals surface area contributed by atoms with E-state index in [1.807, 2.05) is 0 Å². The van der Waals surface area contributed by atoms with Crippen LogP contribution in [0.2, 0.25) is 0 Å². The van der Waals surface area contributed by atoms with Gasteiger partial charge in [-0.1, -0.05) is 44.1 Å². The fourth-order valence-electron chi connectivity index (χ4n) is 0.574. The van der Waals surface area contributed by atoms with Gasteiger partial charge in [0.05, 0.1) is 0 Å². The third-order valence-corrected chi connectivity index (χ3v) is 1.51. The van der Waals surface area contributed by atoms with Crippen LogP contribution in [0.5, 0.6) is 0 Å². The highest BCUT2D eigenvalue weighted by Gasteiger charge is 1.87. The Bertz CT molecular complexity index is 125. The minimum Gasteiger partial charge on any atom is -0.0817 e. The predicted octanol–water partition coefficient (Wildman–Crippen LogP) is 3.55. The Balaban J connectivity index is 3.66. The first kappa shape index (κ1) is 9.48. The molecule has 10 heavy (non-hydrogen) atoms. The summed E-state index contributed by atoms with van der Waals surface area (Å²) in [4.78, 5) is 0. The summed E-state index contributed by atoms with van der Waals surface area (Å²) in [5, 5.41) is 0. The molecule has 0 amide bonds. The molecule has 0 spiro atoms. The monoisotopic (exact) mass is 138 g/mol. The van der Waals surface area contributed by atoms with E-state index in [0.717, 1.165) is 5.92 Å². The molecule has 0 unspecified atom stereocenters. The highest BCUT2D eigenvalue weighted by Crippen LogP contribution is 2.02. The molecular weight excluding hydrogens is 120 g/mol. The average Bonchev–Trinajstić information content (AvgIpc) is 1.87. The van der Waals surface area contributed by atoms with Crippen LogP contribution in [0.25, 0.3) is 0 Å². The Morgan fingerprint density at radius 1 is 1.40 bits per heavy atom. The molecule has 0 heterocycles. The molecule has 0 N–H and O–H groups in total. The topological polar surface area (TPSA) is 0 Å². The van der Waals surface area contributed by atoms with Gasteiger partial charge in [-0.05, 0) is 19.8 Å². The van der Waals surface area contributed by atoms with E-state index in [-0.39, 0.29) is 0 Å². The van der Waals surface area contributed by atoms with Gasteiger partial charge in [0.2, 0.25) is 0 Å². The molecule has 0 radical (unpaired) electrons. The van der Waals surface area contributed by atoms with Gasteiger partial charge in [-0.2, -0.15) is 0 Å². The Kier molecular flexibility index (Phi) is 5.00. The summed E-state index contributed by atoms with van der Waals surface area (Å²) in [5.74, 6) is 0.718. The van der Waals surface area contributed by atoms with Crippen molar-refractivity contribution in [3.8, 4) is 0 Å². The highest BCUT2D eigenvalue weighted by atomic mass is 13.9. The molecule has 0 aliphatic heterocycles. The van der Waals surface area contributed by atoms with E-state index in [1.54, 1.807) is 0 Å². The van der Waals surface area contributed by atoms with Crippen LogP contribution in [0.4, 0.5) is 0 Å². The molecule has 0 nitrogen and oxygen atoms in total. The van der Waals surface area contributed by atoms with E-state index in [1.165, 1.54) is 12.0 Å². The first-order chi connectivity index (χ1) is 4.66. The summed E-state index contributed by atoms with van der Waals surface area (Å²) in [5.41, 5.74) is 1.36. The van der Waals surface area contributed by atoms with E-state index in [2.05, 4.69) is 45.9 Å². The average molecular weight is 138 g/mol. The van der Waals surface area contributed by atoms with Crippen molar-refractivity contribution in [1.82, 2.24) is 0 Å². The van der Waals surface area contributed by atoms with E-state index in [4.69, 9.17) is 0 Å². The van der Waals surface area contributed by atoms with Crippen molar-refractivity contribution in [1.29, 1.82) is 0 Å². The second-order valence-corrected chi connectivity index (χ2v) is 3.01. The van der Waals surface area contributed by atoms with Crippen molar-refractivity contribution in [3.05, 3.63) is 23.8 Å². The fraction of sp³-hybridized carbons (Fsp3) is 0.600. The van der Waals surface area contributed by atoms with Gasteiger partial charge >= 0.3 is 0 Å². The van der Waals surface area contributed by atoms with Gasteiger partial charge in [0.15, 0.2) is 0 Å². The zero-order valence-corrected chi connectivity index (χ0v) is 7.52. The number of hydrogen-bond donors (Lipinski definition) is 0. The molecule has 0 saturated carbocycles. The van der Waals surface area contributed by atoms with E-state index in [9.17, 15) is 0 Å². The van der Waals surface area contributed by atoms with Crippen LogP contribution in [-0.2, 0) is 0 Å². The van der Waals surface area contributed by atoms with Gasteiger partial charge in [0.25, 0.3) is 0 Å². The molecular formula is C10H18. The highest BCUT2D eigenvalue weighted by molar-refractivity contribution is 5.08. The molecule has 0 heteroatoms. The maximum Gasteiger partial charge on any atom is -0.0261 e. The first-order valence-electron chi connectivity index (χ1n) is 3.98. The summed E-state index contributed by atoms with van der Waals surface area (Å²) >= 11 is 0. The van der Waals surface area contributed by atoms with Crippen molar-refractivity contribution in [2.24, 2.45) is 5.92 Å². The summed E-state index contributed by atoms with van der Waals surface area (Å²) in [6.45, 7) is 8.66. The number of allylic oxidation sites excluding steroid dienone is 4. The normalized spacial score (nSPS) is 13.6. The zero-order chi connectivity index (χ0) is 7.98. The van der Waals surface area contributed by atoms with Crippen molar-refractivity contribution in [3.63, 3.8) is 0 Å². The lowest BCUT2D eigenvalue weighted by atomic mass is 10.1. The second kappa shape index (κ2) is 5.28. The van der Waals surface area contributed by atoms with Crippen LogP contribution >= 0.6 is 0 Å². The SMILES string of the molecule is CC[C@@H](C)/C=C\C=C(C)C. The summed E-state index contributed by atoms with van der Waals surface area (Å²) < 4.78 is 0. The van der Waals surface area contributed by atoms with E-state index in [0.29, 0.717) is 0 Å². The summed E-state index contributed by atoms with van der Waals surface area (Å²) in [6.07, 6.45) is 7.76. The van der Waals surface area contributed by atoms with Crippen LogP contribution < -0.4 is 0 Å². The first-order valence-corrected chi connectivity index (χ1v) is 3.98. The smallest absolute Gasteiger partial charge is 0.0261 e. The molecule has 58 valence electrons. The summed E-state index contributed by atoms with van der Waals surface area (Å²) in [6, 6.07) is 0. The third kappa shape index (κ3) is 5.61. The van der Waals surface area contributed by atoms with E-state index < -0.39 is 0 Å². The molecule has 0 aliphatic carbocycles. The van der Waals surface area contributed by atoms with Gasteiger partial charge in [0, 0.05) is 0 Å². The Morgan fingerprint density at radius 3 is 2.40 bits per heavy atom. The fourth-order valence-corrected chi connectivity index (χ4v) is 0.574. The minimum absolute atomic E-state index is 0.718. The standard InChI is InChI=1S/C10H18/c1-5-10(4)8-6-7-9(2)3/h6-8,10H,5H2,1-4H3/b8-6-/t10-/m1/s1. The molecule has 0 aliphatic rings. The molecule has 0 aromatic rings. The van der Waals surface area contributed by atoms with Crippen LogP contribution in [0.15, 0.2) is 23.8 Å². The molecule has 0 rings (SSSR count). The Hall–Kier alpha value is -0.520. The van der Waals surface area contributed by atoms with Crippen LogP contribution in [0, 0.1) is 5.92 Å². The largest absolute Gasteiger partial charge is 0.0817 e. The van der Waals surface area contributed by atoms with Crippen molar-refractivity contribution >= 4 is 0 Å². The number of rotatable bonds is 3. The van der Waals surface area contributed by atoms with Gasteiger partial charge in [-0.3, -0.25) is 0 Å². The lowest BCUT2D eigenvalue weighted by molar-refractivity contribution is 0.698. The lowest BCUT2D eigenvalue weighted by Crippen LogP contribution is -1.82. The zero-order valence-electron chi connectivity index (χ0n) is 7.52. The van der Waals surface area contributed by atoms with Crippen LogP contribution in [0.3, 0.4) is 0 Å². The van der Waals surface area contributed by atoms with Crippen molar-refractivity contribution < 1.29 is 0 Å². The molecule has 0 bridgehead atoms. The Labute approximate surface area is 64.6 Å². The predicted molar refractivity (Wildman–Crippen MR) is 48.0 cm³/mol. The van der Waals surface area contributed by atoms with Crippen molar-refractivity contribution in [2.45, 2.75) is 34.1 Å². The van der Waals surface area contributed by atoms with Crippen LogP contribution in [0.1, 0.15) is 34.1 Å². The molecule has 0 fully saturated rings. The van der Waals surface area contributed by atoms with Gasteiger partial charge in [0.1, 0.15) is 0 Å². The van der Waals surface area contributed by atoms with Gasteiger partial charge < -0.3 is 0 Å².